The molecule has 0 aliphatic carbocycles. The van der Waals surface area contributed by atoms with Crippen molar-refractivity contribution in [3.05, 3.63) is 50.2 Å². The topological polar surface area (TPSA) is 158 Å². The van der Waals surface area contributed by atoms with E-state index in [4.69, 9.17) is 4.74 Å². The van der Waals surface area contributed by atoms with Crippen molar-refractivity contribution in [3.8, 4) is 0 Å². The van der Waals surface area contributed by atoms with E-state index in [1.807, 2.05) is 4.90 Å². The van der Waals surface area contributed by atoms with Gasteiger partial charge in [0.15, 0.2) is 11.7 Å². The van der Waals surface area contributed by atoms with Crippen LogP contribution in [0.3, 0.4) is 0 Å². The highest BCUT2D eigenvalue weighted by Gasteiger charge is 2.28. The van der Waals surface area contributed by atoms with Gasteiger partial charge in [0, 0.05) is 19.2 Å². The number of rotatable bonds is 7. The van der Waals surface area contributed by atoms with Crippen LogP contribution in [0.5, 0.6) is 0 Å². The number of nitrogens with one attached hydrogen (secondary N) is 1. The van der Waals surface area contributed by atoms with E-state index in [9.17, 15) is 29.8 Å². The van der Waals surface area contributed by atoms with Crippen LogP contribution in [0.15, 0.2) is 24.4 Å². The number of aromatic nitrogens is 1. The molecular formula is C19H21N5O7S. The Morgan fingerprint density at radius 3 is 2.50 bits per heavy atom. The Morgan fingerprint density at radius 1 is 1.22 bits per heavy atom. The first kappa shape index (κ1) is 23.1. The van der Waals surface area contributed by atoms with Gasteiger partial charge in [-0.05, 0) is 41.7 Å². The Balaban J connectivity index is 1.65. The molecule has 1 saturated heterocycles. The second-order valence-electron chi connectivity index (χ2n) is 7.70. The van der Waals surface area contributed by atoms with Gasteiger partial charge in [0.1, 0.15) is 11.9 Å². The standard InChI is InChI=1S/C19H21N5O7S/c1-11-5-12(2)9-22(8-11)14-4-3-13(6-15(14)23(27)28)18(26)31-10-16(25)21-19-20-7-17(32-19)24(29)30/h3-4,6-7,11-12H,5,8-10H2,1-2H3,(H,20,21,25). The van der Waals surface area contributed by atoms with Gasteiger partial charge in [0.2, 0.25) is 0 Å². The van der Waals surface area contributed by atoms with Crippen LogP contribution >= 0.6 is 11.3 Å². The summed E-state index contributed by atoms with van der Waals surface area (Å²) in [7, 11) is 0. The summed E-state index contributed by atoms with van der Waals surface area (Å²) in [6.07, 6.45) is 2.04. The van der Waals surface area contributed by atoms with Gasteiger partial charge in [0.05, 0.1) is 15.4 Å². The van der Waals surface area contributed by atoms with Gasteiger partial charge in [-0.25, -0.2) is 9.78 Å². The zero-order valence-electron chi connectivity index (χ0n) is 17.3. The first-order valence-corrected chi connectivity index (χ1v) is 10.6. The highest BCUT2D eigenvalue weighted by Crippen LogP contribution is 2.34. The lowest BCUT2D eigenvalue weighted by Crippen LogP contribution is -2.39. The fourth-order valence-corrected chi connectivity index (χ4v) is 4.35. The van der Waals surface area contributed by atoms with Crippen molar-refractivity contribution in [3.63, 3.8) is 0 Å². The molecule has 1 aliphatic heterocycles. The summed E-state index contributed by atoms with van der Waals surface area (Å²) < 4.78 is 4.93. The number of nitro groups is 2. The Bertz CT molecular complexity index is 1050. The van der Waals surface area contributed by atoms with Crippen molar-refractivity contribution in [1.29, 1.82) is 0 Å². The molecule has 2 unspecified atom stereocenters. The molecule has 0 bridgehead atoms. The van der Waals surface area contributed by atoms with Crippen molar-refractivity contribution in [2.24, 2.45) is 11.8 Å². The number of amides is 1. The summed E-state index contributed by atoms with van der Waals surface area (Å²) >= 11 is 0.658. The molecule has 2 heterocycles. The minimum absolute atomic E-state index is 0.0114. The molecule has 3 rings (SSSR count). The maximum absolute atomic E-state index is 12.3. The van der Waals surface area contributed by atoms with Crippen LogP contribution in [0.2, 0.25) is 0 Å². The molecular weight excluding hydrogens is 442 g/mol. The second-order valence-corrected chi connectivity index (χ2v) is 8.71. The van der Waals surface area contributed by atoms with Gasteiger partial charge >= 0.3 is 11.0 Å². The van der Waals surface area contributed by atoms with E-state index in [0.717, 1.165) is 18.7 Å². The van der Waals surface area contributed by atoms with Crippen molar-refractivity contribution >= 4 is 44.7 Å². The lowest BCUT2D eigenvalue weighted by atomic mass is 9.91. The first-order valence-electron chi connectivity index (χ1n) is 9.74. The van der Waals surface area contributed by atoms with Crippen molar-refractivity contribution in [1.82, 2.24) is 4.98 Å². The van der Waals surface area contributed by atoms with Gasteiger partial charge in [-0.3, -0.25) is 30.3 Å². The number of hydrogen-bond donors (Lipinski definition) is 1. The number of carbonyl (C=O) groups excluding carboxylic acids is 2. The molecule has 1 aromatic heterocycles. The predicted molar refractivity (Wildman–Crippen MR) is 116 cm³/mol. The Hall–Kier alpha value is -3.61. The minimum atomic E-state index is -0.903. The van der Waals surface area contributed by atoms with E-state index >= 15 is 0 Å². The zero-order chi connectivity index (χ0) is 23.4. The van der Waals surface area contributed by atoms with Crippen LogP contribution < -0.4 is 10.2 Å². The molecule has 12 nitrogen and oxygen atoms in total. The predicted octanol–water partition coefficient (Wildman–Crippen LogP) is 3.24. The van der Waals surface area contributed by atoms with Gasteiger partial charge < -0.3 is 9.64 Å². The number of anilines is 2. The summed E-state index contributed by atoms with van der Waals surface area (Å²) in [6.45, 7) is 4.88. The third-order valence-electron chi connectivity index (χ3n) is 4.87. The Morgan fingerprint density at radius 2 is 1.91 bits per heavy atom. The van der Waals surface area contributed by atoms with Crippen LogP contribution in [0, 0.1) is 32.1 Å². The van der Waals surface area contributed by atoms with E-state index in [0.29, 0.717) is 41.9 Å². The summed E-state index contributed by atoms with van der Waals surface area (Å²) in [5.41, 5.74) is 0.171. The molecule has 170 valence electrons. The summed E-state index contributed by atoms with van der Waals surface area (Å²) in [4.78, 5) is 51.0. The highest BCUT2D eigenvalue weighted by atomic mass is 32.1. The van der Waals surface area contributed by atoms with E-state index < -0.39 is 28.3 Å². The molecule has 1 aromatic carbocycles. The fraction of sp³-hybridized carbons (Fsp3) is 0.421. The Kier molecular flexibility index (Phi) is 6.98. The number of nitrogens with zero attached hydrogens (tertiary/aromatic N) is 4. The lowest BCUT2D eigenvalue weighted by Gasteiger charge is -2.36. The van der Waals surface area contributed by atoms with Gasteiger partial charge in [0.25, 0.3) is 11.6 Å². The van der Waals surface area contributed by atoms with Crippen LogP contribution in [0.1, 0.15) is 30.6 Å². The fourth-order valence-electron chi connectivity index (χ4n) is 3.70. The quantitative estimate of drug-likeness (QED) is 0.369. The van der Waals surface area contributed by atoms with Gasteiger partial charge in [-0.2, -0.15) is 0 Å². The minimum Gasteiger partial charge on any atom is -0.452 e. The average Bonchev–Trinajstić information content (AvgIpc) is 3.19. The summed E-state index contributed by atoms with van der Waals surface area (Å²) in [5, 5.41) is 24.3. The SMILES string of the molecule is CC1CC(C)CN(c2ccc(C(=O)OCC(=O)Nc3ncc([N+](=O)[O-])s3)cc2[N+](=O)[O-])C1. The lowest BCUT2D eigenvalue weighted by molar-refractivity contribution is -0.384. The monoisotopic (exact) mass is 463 g/mol. The largest absolute Gasteiger partial charge is 0.452 e. The molecule has 2 atom stereocenters. The van der Waals surface area contributed by atoms with Crippen LogP contribution in [-0.2, 0) is 9.53 Å². The summed E-state index contributed by atoms with van der Waals surface area (Å²) in [6, 6.07) is 4.09. The molecule has 1 fully saturated rings. The normalized spacial score (nSPS) is 18.1. The average molecular weight is 463 g/mol. The first-order chi connectivity index (χ1) is 15.1. The van der Waals surface area contributed by atoms with Crippen molar-refractivity contribution in [2.45, 2.75) is 20.3 Å². The maximum Gasteiger partial charge on any atom is 0.345 e. The second kappa shape index (κ2) is 9.68. The molecule has 0 saturated carbocycles. The molecule has 32 heavy (non-hydrogen) atoms. The highest BCUT2D eigenvalue weighted by molar-refractivity contribution is 7.18. The van der Waals surface area contributed by atoms with E-state index in [2.05, 4.69) is 24.1 Å². The van der Waals surface area contributed by atoms with Crippen LogP contribution in [0.25, 0.3) is 0 Å². The smallest absolute Gasteiger partial charge is 0.345 e. The number of carbonyl (C=O) groups is 2. The van der Waals surface area contributed by atoms with E-state index in [1.54, 1.807) is 0 Å². The molecule has 0 spiro atoms. The number of hydrogen-bond acceptors (Lipinski definition) is 10. The number of thiazole rings is 1. The van der Waals surface area contributed by atoms with Gasteiger partial charge in [-0.15, -0.1) is 0 Å². The summed E-state index contributed by atoms with van der Waals surface area (Å²) in [5.74, 6) is -0.869. The van der Waals surface area contributed by atoms with Crippen LogP contribution in [0.4, 0.5) is 21.5 Å². The molecule has 1 aliphatic rings. The maximum atomic E-state index is 12.3. The number of nitro benzene ring substituents is 1. The molecule has 13 heteroatoms. The molecule has 0 radical (unpaired) electrons. The van der Waals surface area contributed by atoms with Crippen molar-refractivity contribution < 1.29 is 24.2 Å². The Labute approximate surface area is 186 Å². The zero-order valence-corrected chi connectivity index (χ0v) is 18.2. The van der Waals surface area contributed by atoms with Gasteiger partial charge in [-0.1, -0.05) is 13.8 Å². The van der Waals surface area contributed by atoms with E-state index in [1.165, 1.54) is 12.1 Å². The van der Waals surface area contributed by atoms with Crippen LogP contribution in [-0.4, -0.2) is 46.4 Å². The van der Waals surface area contributed by atoms with E-state index in [-0.39, 0.29) is 21.4 Å². The third kappa shape index (κ3) is 5.55. The number of piperidine rings is 1. The number of ether oxygens (including phenoxy) is 1. The number of esters is 1. The number of benzene rings is 1. The molecule has 1 amide bonds. The molecule has 1 N–H and O–H groups in total. The molecule has 2 aromatic rings. The van der Waals surface area contributed by atoms with Crippen molar-refractivity contribution in [2.75, 3.05) is 29.9 Å². The third-order valence-corrected chi connectivity index (χ3v) is 5.74.